The molecule has 0 atom stereocenters. The van der Waals surface area contributed by atoms with Gasteiger partial charge in [0.1, 0.15) is 0 Å². The van der Waals surface area contributed by atoms with Crippen LogP contribution < -0.4 is 5.32 Å². The second kappa shape index (κ2) is 5.88. The third-order valence-corrected chi connectivity index (χ3v) is 4.56. The third-order valence-electron chi connectivity index (χ3n) is 4.56. The zero-order valence-corrected chi connectivity index (χ0v) is 11.3. The summed E-state index contributed by atoms with van der Waals surface area (Å²) in [6.07, 6.45) is 10.0. The van der Waals surface area contributed by atoms with E-state index >= 15 is 0 Å². The summed E-state index contributed by atoms with van der Waals surface area (Å²) in [5.74, 6) is 1.89. The first kappa shape index (κ1) is 12.2. The van der Waals surface area contributed by atoms with Crippen LogP contribution in [-0.2, 0) is 6.54 Å². The molecule has 0 saturated heterocycles. The lowest BCUT2D eigenvalue weighted by molar-refractivity contribution is 0.477. The molecule has 3 rings (SSSR count). The summed E-state index contributed by atoms with van der Waals surface area (Å²) < 4.78 is 0. The summed E-state index contributed by atoms with van der Waals surface area (Å²) in [5, 5.41) is 3.59. The molecule has 18 heavy (non-hydrogen) atoms. The van der Waals surface area contributed by atoms with Gasteiger partial charge in [-0.05, 0) is 48.8 Å². The van der Waals surface area contributed by atoms with Crippen LogP contribution >= 0.6 is 0 Å². The van der Waals surface area contributed by atoms with Crippen molar-refractivity contribution in [2.24, 2.45) is 5.92 Å². The van der Waals surface area contributed by atoms with Crippen LogP contribution in [0, 0.1) is 5.92 Å². The third kappa shape index (κ3) is 3.35. The quantitative estimate of drug-likeness (QED) is 0.737. The largest absolute Gasteiger partial charge is 0.313 e. The molecule has 2 aliphatic rings. The van der Waals surface area contributed by atoms with Gasteiger partial charge in [0, 0.05) is 6.54 Å². The van der Waals surface area contributed by atoms with Gasteiger partial charge in [0.15, 0.2) is 0 Å². The minimum atomic E-state index is 0.884. The van der Waals surface area contributed by atoms with Crippen LogP contribution in [0.2, 0.25) is 0 Å². The minimum absolute atomic E-state index is 0.884. The highest BCUT2D eigenvalue weighted by atomic mass is 14.8. The molecule has 0 unspecified atom stereocenters. The minimum Gasteiger partial charge on any atom is -0.313 e. The van der Waals surface area contributed by atoms with Crippen LogP contribution in [0.4, 0.5) is 0 Å². The maximum atomic E-state index is 3.59. The zero-order valence-electron chi connectivity index (χ0n) is 11.3. The standard InChI is InChI=1S/C17H25N/c1-2-4-14(3-1)11-12-18-13-15-5-7-16(8-6-15)17-9-10-17/h5-8,14,17-18H,1-4,9-13H2. The van der Waals surface area contributed by atoms with E-state index in [1.807, 2.05) is 0 Å². The molecule has 0 amide bonds. The van der Waals surface area contributed by atoms with Crippen molar-refractivity contribution in [1.29, 1.82) is 0 Å². The molecule has 0 aliphatic heterocycles. The Hall–Kier alpha value is -0.820. The molecule has 1 N–H and O–H groups in total. The van der Waals surface area contributed by atoms with E-state index in [0.29, 0.717) is 0 Å². The average Bonchev–Trinajstić information content (AvgIpc) is 3.13. The van der Waals surface area contributed by atoms with E-state index in [-0.39, 0.29) is 0 Å². The van der Waals surface area contributed by atoms with Gasteiger partial charge in [-0.1, -0.05) is 49.9 Å². The molecule has 1 heteroatoms. The Bertz CT molecular complexity index is 358. The molecule has 2 fully saturated rings. The monoisotopic (exact) mass is 243 g/mol. The molecule has 1 aromatic rings. The second-order valence-corrected chi connectivity index (χ2v) is 6.13. The van der Waals surface area contributed by atoms with Crippen molar-refractivity contribution < 1.29 is 0 Å². The Morgan fingerprint density at radius 1 is 0.944 bits per heavy atom. The topological polar surface area (TPSA) is 12.0 Å². The fourth-order valence-corrected chi connectivity index (χ4v) is 3.16. The van der Waals surface area contributed by atoms with Crippen LogP contribution in [-0.4, -0.2) is 6.54 Å². The number of benzene rings is 1. The highest BCUT2D eigenvalue weighted by molar-refractivity contribution is 5.27. The van der Waals surface area contributed by atoms with Gasteiger partial charge < -0.3 is 5.32 Å². The van der Waals surface area contributed by atoms with Crippen LogP contribution in [0.5, 0.6) is 0 Å². The molecular formula is C17H25N. The Morgan fingerprint density at radius 2 is 1.67 bits per heavy atom. The van der Waals surface area contributed by atoms with Gasteiger partial charge in [-0.2, -0.15) is 0 Å². The summed E-state index contributed by atoms with van der Waals surface area (Å²) in [7, 11) is 0. The highest BCUT2D eigenvalue weighted by Gasteiger charge is 2.22. The van der Waals surface area contributed by atoms with Crippen molar-refractivity contribution in [1.82, 2.24) is 5.32 Å². The molecule has 0 radical (unpaired) electrons. The Morgan fingerprint density at radius 3 is 2.33 bits per heavy atom. The maximum Gasteiger partial charge on any atom is 0.0205 e. The van der Waals surface area contributed by atoms with E-state index in [0.717, 1.165) is 18.4 Å². The first-order valence-corrected chi connectivity index (χ1v) is 7.71. The van der Waals surface area contributed by atoms with Gasteiger partial charge in [-0.3, -0.25) is 0 Å². The summed E-state index contributed by atoms with van der Waals surface area (Å²) in [5.41, 5.74) is 2.98. The highest BCUT2D eigenvalue weighted by Crippen LogP contribution is 2.39. The number of hydrogen-bond donors (Lipinski definition) is 1. The Labute approximate surface area is 111 Å². The first-order chi connectivity index (χ1) is 8.92. The predicted octanol–water partition coefficient (Wildman–Crippen LogP) is 4.23. The zero-order chi connectivity index (χ0) is 12.2. The van der Waals surface area contributed by atoms with Crippen LogP contribution in [0.15, 0.2) is 24.3 Å². The van der Waals surface area contributed by atoms with Crippen molar-refractivity contribution in [2.45, 2.75) is 57.4 Å². The predicted molar refractivity (Wildman–Crippen MR) is 76.7 cm³/mol. The van der Waals surface area contributed by atoms with Crippen molar-refractivity contribution in [2.75, 3.05) is 6.54 Å². The number of hydrogen-bond acceptors (Lipinski definition) is 1. The SMILES string of the molecule is c1cc(C2CC2)ccc1CNCCC1CCCC1. The lowest BCUT2D eigenvalue weighted by Gasteiger charge is -2.10. The van der Waals surface area contributed by atoms with E-state index in [9.17, 15) is 0 Å². The van der Waals surface area contributed by atoms with Gasteiger partial charge in [0.2, 0.25) is 0 Å². The van der Waals surface area contributed by atoms with Gasteiger partial charge in [-0.15, -0.1) is 0 Å². The molecule has 0 heterocycles. The molecule has 0 aromatic heterocycles. The normalized spacial score (nSPS) is 20.4. The van der Waals surface area contributed by atoms with Crippen LogP contribution in [0.1, 0.15) is 62.0 Å². The van der Waals surface area contributed by atoms with E-state index in [1.54, 1.807) is 5.56 Å². The average molecular weight is 243 g/mol. The Kier molecular flexibility index (Phi) is 3.99. The van der Waals surface area contributed by atoms with Crippen molar-refractivity contribution in [3.8, 4) is 0 Å². The molecule has 0 bridgehead atoms. The van der Waals surface area contributed by atoms with Gasteiger partial charge in [-0.25, -0.2) is 0 Å². The molecule has 0 spiro atoms. The van der Waals surface area contributed by atoms with Gasteiger partial charge >= 0.3 is 0 Å². The van der Waals surface area contributed by atoms with Gasteiger partial charge in [0.25, 0.3) is 0 Å². The lowest BCUT2D eigenvalue weighted by Crippen LogP contribution is -2.16. The molecule has 2 saturated carbocycles. The van der Waals surface area contributed by atoms with Gasteiger partial charge in [0.05, 0.1) is 0 Å². The fourth-order valence-electron chi connectivity index (χ4n) is 3.16. The van der Waals surface area contributed by atoms with E-state index in [1.165, 1.54) is 57.1 Å². The van der Waals surface area contributed by atoms with Crippen molar-refractivity contribution >= 4 is 0 Å². The number of nitrogens with one attached hydrogen (secondary N) is 1. The maximum absolute atomic E-state index is 3.59. The van der Waals surface area contributed by atoms with Crippen LogP contribution in [0.25, 0.3) is 0 Å². The fraction of sp³-hybridized carbons (Fsp3) is 0.647. The summed E-state index contributed by atoms with van der Waals surface area (Å²) in [4.78, 5) is 0. The van der Waals surface area contributed by atoms with Crippen molar-refractivity contribution in [3.05, 3.63) is 35.4 Å². The van der Waals surface area contributed by atoms with E-state index < -0.39 is 0 Å². The van der Waals surface area contributed by atoms with E-state index in [4.69, 9.17) is 0 Å². The van der Waals surface area contributed by atoms with E-state index in [2.05, 4.69) is 29.6 Å². The molecular weight excluding hydrogens is 218 g/mol. The molecule has 2 aliphatic carbocycles. The molecule has 1 aromatic carbocycles. The Balaban J connectivity index is 1.36. The smallest absolute Gasteiger partial charge is 0.0205 e. The number of rotatable bonds is 6. The van der Waals surface area contributed by atoms with Crippen molar-refractivity contribution in [3.63, 3.8) is 0 Å². The molecule has 1 nitrogen and oxygen atoms in total. The summed E-state index contributed by atoms with van der Waals surface area (Å²) >= 11 is 0. The summed E-state index contributed by atoms with van der Waals surface area (Å²) in [6.45, 7) is 2.23. The second-order valence-electron chi connectivity index (χ2n) is 6.13. The van der Waals surface area contributed by atoms with Crippen LogP contribution in [0.3, 0.4) is 0 Å². The molecule has 98 valence electrons. The first-order valence-electron chi connectivity index (χ1n) is 7.71. The lowest BCUT2D eigenvalue weighted by atomic mass is 10.0. The summed E-state index contributed by atoms with van der Waals surface area (Å²) in [6, 6.07) is 9.25.